The molecule has 0 saturated carbocycles. The maximum Gasteiger partial charge on any atom is 0.188 e. The molecule has 5 aromatic rings. The van der Waals surface area contributed by atoms with Gasteiger partial charge in [0, 0.05) is 0 Å². The van der Waals surface area contributed by atoms with Crippen LogP contribution in [0.15, 0.2) is 152 Å². The molecule has 1 aliphatic rings. The Kier molecular flexibility index (Phi) is 12.4. The van der Waals surface area contributed by atoms with Crippen molar-refractivity contribution in [1.82, 2.24) is 0 Å². The summed E-state index contributed by atoms with van der Waals surface area (Å²) in [7, 11) is -3.94. The van der Waals surface area contributed by atoms with Gasteiger partial charge in [0.2, 0.25) is 0 Å². The second-order valence-corrected chi connectivity index (χ2v) is 14.2. The minimum atomic E-state index is -3.94. The maximum atomic E-state index is 14.4. The van der Waals surface area contributed by atoms with Crippen molar-refractivity contribution in [3.05, 3.63) is 179 Å². The second kappa shape index (κ2) is 17.5. The zero-order valence-corrected chi connectivity index (χ0v) is 28.1. The summed E-state index contributed by atoms with van der Waals surface area (Å²) >= 11 is 0. The smallest absolute Gasteiger partial charge is 0.188 e. The van der Waals surface area contributed by atoms with Crippen LogP contribution in [0.3, 0.4) is 0 Å². The van der Waals surface area contributed by atoms with Crippen LogP contribution in [0.1, 0.15) is 27.8 Å². The Hall–Kier alpha value is -4.15. The van der Waals surface area contributed by atoms with Crippen LogP contribution in [0.2, 0.25) is 0 Å². The molecule has 5 atom stereocenters. The van der Waals surface area contributed by atoms with Gasteiger partial charge >= 0.3 is 0 Å². The fourth-order valence-corrected chi connectivity index (χ4v) is 7.70. The third-order valence-corrected chi connectivity index (χ3v) is 10.2. The fourth-order valence-electron chi connectivity index (χ4n) is 5.92. The first-order valence-electron chi connectivity index (χ1n) is 16.5. The minimum Gasteiger partial charge on any atom is -0.374 e. The van der Waals surface area contributed by atoms with Gasteiger partial charge in [0.1, 0.15) is 24.4 Å². The molecule has 49 heavy (non-hydrogen) atoms. The first-order chi connectivity index (χ1) is 24.0. The van der Waals surface area contributed by atoms with Crippen LogP contribution in [0, 0.1) is 0 Å². The van der Waals surface area contributed by atoms with E-state index in [-0.39, 0.29) is 32.2 Å². The second-order valence-electron chi connectivity index (χ2n) is 12.1. The van der Waals surface area contributed by atoms with Crippen LogP contribution in [-0.4, -0.2) is 44.9 Å². The first kappa shape index (κ1) is 34.7. The Bertz CT molecular complexity index is 1770. The molecule has 5 aromatic carbocycles. The van der Waals surface area contributed by atoms with Crippen molar-refractivity contribution < 1.29 is 32.1 Å². The summed E-state index contributed by atoms with van der Waals surface area (Å²) in [4.78, 5) is 0. The molecular formula is C41H42O7S. The molecule has 0 radical (unpaired) electrons. The lowest BCUT2D eigenvalue weighted by Crippen LogP contribution is -2.63. The van der Waals surface area contributed by atoms with Gasteiger partial charge in [0.05, 0.1) is 38.8 Å². The SMILES string of the molecule is O=S(=O)(Cc1ccccc1)[C@H]1O[C@H](COCc2ccccc2)[C@@H](OCc2ccccc2)[C@H](OCc2ccccc2)[C@H]1OCc1ccccc1. The summed E-state index contributed by atoms with van der Waals surface area (Å²) in [5.41, 5.74) is 3.12. The van der Waals surface area contributed by atoms with Crippen molar-refractivity contribution in [3.63, 3.8) is 0 Å². The standard InChI is InChI=1S/C41H42O7S/c42-49(43,31-36-24-14-5-15-25-36)41-40(47-29-35-22-12-4-13-23-35)39(46-28-34-20-10-3-11-21-34)38(45-27-33-18-8-2-9-19-33)37(48-41)30-44-26-32-16-6-1-7-17-32/h1-25,37-41H,26-31H2/t37-,38-,39+,40-,41-/m1/s1. The lowest BCUT2D eigenvalue weighted by atomic mass is 9.98. The van der Waals surface area contributed by atoms with E-state index in [2.05, 4.69) is 0 Å². The van der Waals surface area contributed by atoms with Crippen molar-refractivity contribution in [2.45, 2.75) is 62.0 Å². The predicted molar refractivity (Wildman–Crippen MR) is 189 cm³/mol. The van der Waals surface area contributed by atoms with Crippen molar-refractivity contribution in [3.8, 4) is 0 Å². The van der Waals surface area contributed by atoms with Crippen LogP contribution in [0.5, 0.6) is 0 Å². The quantitative estimate of drug-likeness (QED) is 0.108. The maximum absolute atomic E-state index is 14.4. The summed E-state index contributed by atoms with van der Waals surface area (Å²) in [5, 5.41) is 0. The highest BCUT2D eigenvalue weighted by Gasteiger charge is 2.53. The highest BCUT2D eigenvalue weighted by molar-refractivity contribution is 7.91. The van der Waals surface area contributed by atoms with Crippen LogP contribution in [-0.2, 0) is 65.7 Å². The normalized spacial score (nSPS) is 20.9. The van der Waals surface area contributed by atoms with E-state index in [0.29, 0.717) is 12.2 Å². The van der Waals surface area contributed by atoms with E-state index < -0.39 is 39.7 Å². The topological polar surface area (TPSA) is 80.3 Å². The molecule has 0 aliphatic carbocycles. The summed E-state index contributed by atoms with van der Waals surface area (Å²) in [6.07, 6.45) is -3.32. The number of hydrogen-bond donors (Lipinski definition) is 0. The largest absolute Gasteiger partial charge is 0.374 e. The van der Waals surface area contributed by atoms with E-state index in [1.165, 1.54) is 0 Å². The molecule has 1 saturated heterocycles. The number of benzene rings is 5. The molecule has 0 bridgehead atoms. The molecule has 0 unspecified atom stereocenters. The van der Waals surface area contributed by atoms with Gasteiger partial charge in [-0.25, -0.2) is 8.42 Å². The average Bonchev–Trinajstić information content (AvgIpc) is 3.14. The van der Waals surface area contributed by atoms with Gasteiger partial charge in [0.15, 0.2) is 15.3 Å². The van der Waals surface area contributed by atoms with Crippen LogP contribution in [0.4, 0.5) is 0 Å². The summed E-state index contributed by atoms with van der Waals surface area (Å²) < 4.78 is 61.5. The third kappa shape index (κ3) is 9.95. The Morgan fingerprint density at radius 3 is 1.27 bits per heavy atom. The molecule has 0 aromatic heterocycles. The van der Waals surface area contributed by atoms with E-state index in [0.717, 1.165) is 22.3 Å². The highest BCUT2D eigenvalue weighted by atomic mass is 32.2. The van der Waals surface area contributed by atoms with Gasteiger partial charge < -0.3 is 23.7 Å². The molecule has 1 aliphatic heterocycles. The lowest BCUT2D eigenvalue weighted by molar-refractivity contribution is -0.256. The molecular weight excluding hydrogens is 637 g/mol. The molecule has 0 spiro atoms. The van der Waals surface area contributed by atoms with Gasteiger partial charge in [-0.05, 0) is 27.8 Å². The number of ether oxygens (including phenoxy) is 5. The molecule has 1 heterocycles. The van der Waals surface area contributed by atoms with Crippen molar-refractivity contribution in [1.29, 1.82) is 0 Å². The minimum absolute atomic E-state index is 0.0856. The summed E-state index contributed by atoms with van der Waals surface area (Å²) in [6.45, 7) is 1.07. The van der Waals surface area contributed by atoms with Crippen LogP contribution < -0.4 is 0 Å². The molecule has 254 valence electrons. The van der Waals surface area contributed by atoms with Crippen molar-refractivity contribution in [2.24, 2.45) is 0 Å². The van der Waals surface area contributed by atoms with Gasteiger partial charge in [-0.15, -0.1) is 0 Å². The summed E-state index contributed by atoms with van der Waals surface area (Å²) in [6, 6.07) is 48.3. The Labute approximate surface area is 289 Å². The first-order valence-corrected chi connectivity index (χ1v) is 18.3. The number of rotatable bonds is 16. The predicted octanol–water partition coefficient (Wildman–Crippen LogP) is 7.30. The Morgan fingerprint density at radius 1 is 0.449 bits per heavy atom. The Balaban J connectivity index is 1.36. The molecule has 6 rings (SSSR count). The molecule has 7 nitrogen and oxygen atoms in total. The zero-order valence-electron chi connectivity index (χ0n) is 27.3. The highest BCUT2D eigenvalue weighted by Crippen LogP contribution is 2.34. The van der Waals surface area contributed by atoms with Gasteiger partial charge in [-0.1, -0.05) is 152 Å². The molecule has 0 N–H and O–H groups in total. The van der Waals surface area contributed by atoms with E-state index in [4.69, 9.17) is 23.7 Å². The van der Waals surface area contributed by atoms with Crippen LogP contribution >= 0.6 is 0 Å². The molecule has 0 amide bonds. The third-order valence-electron chi connectivity index (χ3n) is 8.41. The number of sulfone groups is 1. The monoisotopic (exact) mass is 678 g/mol. The lowest BCUT2D eigenvalue weighted by Gasteiger charge is -2.45. The summed E-state index contributed by atoms with van der Waals surface area (Å²) in [5.74, 6) is -0.220. The van der Waals surface area contributed by atoms with E-state index in [1.54, 1.807) is 12.1 Å². The Morgan fingerprint density at radius 2 is 0.816 bits per heavy atom. The van der Waals surface area contributed by atoms with Gasteiger partial charge in [-0.2, -0.15) is 0 Å². The van der Waals surface area contributed by atoms with Gasteiger partial charge in [0.25, 0.3) is 0 Å². The van der Waals surface area contributed by atoms with Crippen molar-refractivity contribution in [2.75, 3.05) is 6.61 Å². The molecule has 8 heteroatoms. The van der Waals surface area contributed by atoms with E-state index in [1.807, 2.05) is 140 Å². The zero-order chi connectivity index (χ0) is 33.7. The molecule has 1 fully saturated rings. The van der Waals surface area contributed by atoms with E-state index >= 15 is 0 Å². The average molecular weight is 679 g/mol. The van der Waals surface area contributed by atoms with Crippen molar-refractivity contribution >= 4 is 9.84 Å². The van der Waals surface area contributed by atoms with Crippen LogP contribution in [0.25, 0.3) is 0 Å². The fraction of sp³-hybridized carbons (Fsp3) is 0.268. The van der Waals surface area contributed by atoms with Gasteiger partial charge in [-0.3, -0.25) is 0 Å². The van der Waals surface area contributed by atoms with E-state index in [9.17, 15) is 8.42 Å². The number of hydrogen-bond acceptors (Lipinski definition) is 7.